The normalized spacial score (nSPS) is 16.0. The third-order valence-electron chi connectivity index (χ3n) is 7.59. The molecule has 0 bridgehead atoms. The minimum absolute atomic E-state index is 0.0672. The van der Waals surface area contributed by atoms with E-state index in [-0.39, 0.29) is 12.1 Å². The van der Waals surface area contributed by atoms with Gasteiger partial charge in [0.15, 0.2) is 11.5 Å². The number of rotatable bonds is 5. The largest absolute Gasteiger partial charge is 0.444 e. The van der Waals surface area contributed by atoms with Crippen LogP contribution in [0.4, 0.5) is 10.6 Å². The highest BCUT2D eigenvalue weighted by atomic mass is 16.6. The van der Waals surface area contributed by atoms with Crippen LogP contribution in [0.15, 0.2) is 85.1 Å². The lowest BCUT2D eigenvalue weighted by Crippen LogP contribution is -2.54. The number of nitrogen functional groups attached to an aromatic ring is 1. The van der Waals surface area contributed by atoms with E-state index in [0.717, 1.165) is 53.3 Å². The molecule has 4 heterocycles. The molecule has 1 aliphatic rings. The number of hydrogen-bond donors (Lipinski definition) is 1. The van der Waals surface area contributed by atoms with Crippen LogP contribution in [0.2, 0.25) is 0 Å². The maximum atomic E-state index is 12.6. The molecule has 0 unspecified atom stereocenters. The quantitative estimate of drug-likeness (QED) is 0.267. The standard InChI is InChI=1S/C34H37N7O2/c1-23-21-39(19-20-40(23)33(42)43-34(2,3)4)22-24-12-14-26(15-13-24)41-31(27-11-8-18-36-30(27)35)38-29-17-16-28(37-32(29)41)25-9-6-5-7-10-25/h5-18,23H,19-22H2,1-4H3,(H2,35,36)/t23-/m0/s1. The molecule has 9 heteroatoms. The molecule has 1 amide bonds. The number of piperazine rings is 1. The Kier molecular flexibility index (Phi) is 7.58. The van der Waals surface area contributed by atoms with Crippen LogP contribution < -0.4 is 5.73 Å². The van der Waals surface area contributed by atoms with Gasteiger partial charge in [0, 0.05) is 49.7 Å². The molecule has 0 spiro atoms. The van der Waals surface area contributed by atoms with Gasteiger partial charge in [0.2, 0.25) is 0 Å². The summed E-state index contributed by atoms with van der Waals surface area (Å²) in [6.45, 7) is 10.8. The highest BCUT2D eigenvalue weighted by Gasteiger charge is 2.30. The molecule has 5 aromatic rings. The summed E-state index contributed by atoms with van der Waals surface area (Å²) < 4.78 is 7.66. The van der Waals surface area contributed by atoms with E-state index >= 15 is 0 Å². The van der Waals surface area contributed by atoms with Gasteiger partial charge in [0.05, 0.1) is 11.3 Å². The molecular formula is C34H37N7O2. The number of carbonyl (C=O) groups excluding carboxylic acids is 1. The molecule has 0 radical (unpaired) electrons. The Hall–Kier alpha value is -4.76. The van der Waals surface area contributed by atoms with Gasteiger partial charge < -0.3 is 15.4 Å². The molecule has 1 fully saturated rings. The lowest BCUT2D eigenvalue weighted by molar-refractivity contribution is 0.000558. The van der Waals surface area contributed by atoms with Crippen LogP contribution in [0.1, 0.15) is 33.3 Å². The molecule has 1 aliphatic heterocycles. The Morgan fingerprint density at radius 1 is 0.953 bits per heavy atom. The minimum atomic E-state index is -0.502. The van der Waals surface area contributed by atoms with Crippen molar-refractivity contribution in [2.24, 2.45) is 0 Å². The number of imidazole rings is 1. The van der Waals surface area contributed by atoms with Crippen molar-refractivity contribution in [2.75, 3.05) is 25.4 Å². The first-order valence-electron chi connectivity index (χ1n) is 14.6. The maximum absolute atomic E-state index is 12.6. The van der Waals surface area contributed by atoms with Gasteiger partial charge in [-0.2, -0.15) is 0 Å². The van der Waals surface area contributed by atoms with E-state index in [0.29, 0.717) is 18.2 Å². The number of pyridine rings is 2. The second kappa shape index (κ2) is 11.5. The van der Waals surface area contributed by atoms with E-state index in [2.05, 4.69) is 57.8 Å². The second-order valence-corrected chi connectivity index (χ2v) is 12.0. The molecular weight excluding hydrogens is 538 g/mol. The average molecular weight is 576 g/mol. The molecule has 1 saturated heterocycles. The van der Waals surface area contributed by atoms with Crippen molar-refractivity contribution in [1.29, 1.82) is 0 Å². The molecule has 3 aromatic heterocycles. The molecule has 220 valence electrons. The van der Waals surface area contributed by atoms with E-state index in [9.17, 15) is 4.79 Å². The number of fused-ring (bicyclic) bond motifs is 1. The minimum Gasteiger partial charge on any atom is -0.444 e. The van der Waals surface area contributed by atoms with E-state index in [1.807, 2.05) is 68.1 Å². The van der Waals surface area contributed by atoms with Gasteiger partial charge in [-0.3, -0.25) is 9.47 Å². The lowest BCUT2D eigenvalue weighted by atomic mass is 10.1. The smallest absolute Gasteiger partial charge is 0.410 e. The van der Waals surface area contributed by atoms with Gasteiger partial charge in [0.25, 0.3) is 0 Å². The number of benzene rings is 2. The SMILES string of the molecule is C[C@H]1CN(Cc2ccc(-n3c(-c4cccnc4N)nc4ccc(-c5ccccc5)nc43)cc2)CCN1C(=O)OC(C)(C)C. The molecule has 0 aliphatic carbocycles. The highest BCUT2D eigenvalue weighted by molar-refractivity contribution is 5.84. The zero-order chi connectivity index (χ0) is 30.1. The van der Waals surface area contributed by atoms with Crippen LogP contribution in [-0.2, 0) is 11.3 Å². The number of hydrogen-bond acceptors (Lipinski definition) is 7. The fourth-order valence-electron chi connectivity index (χ4n) is 5.54. The third kappa shape index (κ3) is 6.08. The van der Waals surface area contributed by atoms with E-state index in [1.165, 1.54) is 5.56 Å². The molecule has 1 atom stereocenters. The number of amides is 1. The van der Waals surface area contributed by atoms with Crippen molar-refractivity contribution in [2.45, 2.75) is 45.9 Å². The highest BCUT2D eigenvalue weighted by Crippen LogP contribution is 2.32. The maximum Gasteiger partial charge on any atom is 0.410 e. The Morgan fingerprint density at radius 3 is 2.42 bits per heavy atom. The van der Waals surface area contributed by atoms with Crippen molar-refractivity contribution in [3.05, 3.63) is 90.6 Å². The fourth-order valence-corrected chi connectivity index (χ4v) is 5.54. The molecule has 0 saturated carbocycles. The molecule has 2 N–H and O–H groups in total. The van der Waals surface area contributed by atoms with Crippen molar-refractivity contribution < 1.29 is 9.53 Å². The predicted molar refractivity (Wildman–Crippen MR) is 170 cm³/mol. The molecule has 6 rings (SSSR count). The molecule has 2 aromatic carbocycles. The first-order chi connectivity index (χ1) is 20.7. The first-order valence-corrected chi connectivity index (χ1v) is 14.6. The van der Waals surface area contributed by atoms with Crippen LogP contribution in [0.5, 0.6) is 0 Å². The number of anilines is 1. The van der Waals surface area contributed by atoms with Gasteiger partial charge in [0.1, 0.15) is 16.9 Å². The average Bonchev–Trinajstić information content (AvgIpc) is 3.36. The number of aromatic nitrogens is 4. The Labute approximate surface area is 252 Å². The van der Waals surface area contributed by atoms with Gasteiger partial charge in [-0.1, -0.05) is 42.5 Å². The van der Waals surface area contributed by atoms with Gasteiger partial charge in [-0.15, -0.1) is 0 Å². The topological polar surface area (TPSA) is 102 Å². The predicted octanol–water partition coefficient (Wildman–Crippen LogP) is 6.17. The van der Waals surface area contributed by atoms with E-state index in [1.54, 1.807) is 6.20 Å². The summed E-state index contributed by atoms with van der Waals surface area (Å²) in [4.78, 5) is 31.2. The number of nitrogens with two attached hydrogens (primary N) is 1. The first kappa shape index (κ1) is 28.4. The lowest BCUT2D eigenvalue weighted by Gasteiger charge is -2.40. The van der Waals surface area contributed by atoms with Crippen molar-refractivity contribution >= 4 is 23.1 Å². The van der Waals surface area contributed by atoms with Crippen LogP contribution in [0.3, 0.4) is 0 Å². The fraction of sp³-hybridized carbons (Fsp3) is 0.294. The Morgan fingerprint density at radius 2 is 1.72 bits per heavy atom. The van der Waals surface area contributed by atoms with Gasteiger partial charge >= 0.3 is 6.09 Å². The number of carbonyl (C=O) groups is 1. The van der Waals surface area contributed by atoms with Crippen molar-refractivity contribution in [3.8, 4) is 28.3 Å². The second-order valence-electron chi connectivity index (χ2n) is 12.0. The number of ether oxygens (including phenoxy) is 1. The van der Waals surface area contributed by atoms with Crippen LogP contribution in [0.25, 0.3) is 39.5 Å². The van der Waals surface area contributed by atoms with E-state index < -0.39 is 5.60 Å². The summed E-state index contributed by atoms with van der Waals surface area (Å²) in [7, 11) is 0. The summed E-state index contributed by atoms with van der Waals surface area (Å²) in [5.41, 5.74) is 12.1. The van der Waals surface area contributed by atoms with Crippen molar-refractivity contribution in [3.63, 3.8) is 0 Å². The Bertz CT molecular complexity index is 1740. The summed E-state index contributed by atoms with van der Waals surface area (Å²) >= 11 is 0. The molecule has 9 nitrogen and oxygen atoms in total. The van der Waals surface area contributed by atoms with Gasteiger partial charge in [-0.05, 0) is 69.7 Å². The van der Waals surface area contributed by atoms with Crippen LogP contribution in [-0.4, -0.2) is 66.7 Å². The zero-order valence-electron chi connectivity index (χ0n) is 25.1. The van der Waals surface area contributed by atoms with Crippen LogP contribution >= 0.6 is 0 Å². The van der Waals surface area contributed by atoms with E-state index in [4.69, 9.17) is 20.4 Å². The monoisotopic (exact) mass is 575 g/mol. The summed E-state index contributed by atoms with van der Waals surface area (Å²) in [6, 6.07) is 26.5. The Balaban J connectivity index is 1.28. The molecule has 43 heavy (non-hydrogen) atoms. The van der Waals surface area contributed by atoms with Crippen LogP contribution in [0, 0.1) is 0 Å². The summed E-state index contributed by atoms with van der Waals surface area (Å²) in [5.74, 6) is 1.11. The summed E-state index contributed by atoms with van der Waals surface area (Å²) in [5, 5.41) is 0. The zero-order valence-corrected chi connectivity index (χ0v) is 25.1. The van der Waals surface area contributed by atoms with Crippen molar-refractivity contribution in [1.82, 2.24) is 29.3 Å². The number of nitrogens with zero attached hydrogens (tertiary/aromatic N) is 6. The third-order valence-corrected chi connectivity index (χ3v) is 7.59. The van der Waals surface area contributed by atoms with Gasteiger partial charge in [-0.25, -0.2) is 19.7 Å². The summed E-state index contributed by atoms with van der Waals surface area (Å²) in [6.07, 6.45) is 1.44.